The molecule has 1 fully saturated rings. The third kappa shape index (κ3) is 3.83. The minimum Gasteiger partial charge on any atom is -0.380 e. The van der Waals surface area contributed by atoms with Crippen molar-refractivity contribution >= 4 is 21.6 Å². The summed E-state index contributed by atoms with van der Waals surface area (Å²) in [6, 6.07) is 15.3. The van der Waals surface area contributed by atoms with Crippen molar-refractivity contribution in [1.29, 1.82) is 0 Å². The van der Waals surface area contributed by atoms with E-state index in [0.717, 1.165) is 35.6 Å². The quantitative estimate of drug-likeness (QED) is 0.853. The summed E-state index contributed by atoms with van der Waals surface area (Å²) in [7, 11) is 0. The van der Waals surface area contributed by atoms with Crippen LogP contribution >= 0.6 is 15.9 Å². The number of likely N-dealkylation sites (tertiary alicyclic amines) is 1. The number of nitrogens with zero attached hydrogens (tertiary/aromatic N) is 2. The van der Waals surface area contributed by atoms with Crippen molar-refractivity contribution in [3.8, 4) is 0 Å². The first-order valence-electron chi connectivity index (χ1n) is 7.36. The summed E-state index contributed by atoms with van der Waals surface area (Å²) < 4.78 is 0.891. The smallest absolute Gasteiger partial charge is 0.106 e. The number of hydrogen-bond donors (Lipinski definition) is 1. The van der Waals surface area contributed by atoms with Gasteiger partial charge in [-0.25, -0.2) is 4.98 Å². The average molecular weight is 346 g/mol. The minimum atomic E-state index is 0.510. The molecule has 2 heterocycles. The van der Waals surface area contributed by atoms with Crippen molar-refractivity contribution in [2.45, 2.75) is 25.9 Å². The highest BCUT2D eigenvalue weighted by Crippen LogP contribution is 2.21. The Hall–Kier alpha value is -1.39. The second-order valence-electron chi connectivity index (χ2n) is 5.62. The number of pyridine rings is 1. The van der Waals surface area contributed by atoms with Crippen LogP contribution < -0.4 is 5.32 Å². The summed E-state index contributed by atoms with van der Waals surface area (Å²) in [5.74, 6) is 0. The average Bonchev–Trinajstić information content (AvgIpc) is 2.90. The number of aromatic nitrogens is 1. The lowest BCUT2D eigenvalue weighted by molar-refractivity contribution is 0.328. The molecule has 0 spiro atoms. The molecule has 1 N–H and O–H groups in total. The van der Waals surface area contributed by atoms with Gasteiger partial charge in [-0.1, -0.05) is 30.3 Å². The molecule has 3 nitrogen and oxygen atoms in total. The van der Waals surface area contributed by atoms with Crippen molar-refractivity contribution in [2.24, 2.45) is 0 Å². The van der Waals surface area contributed by atoms with Gasteiger partial charge in [-0.2, -0.15) is 0 Å². The van der Waals surface area contributed by atoms with Crippen LogP contribution in [0.3, 0.4) is 0 Å². The zero-order valence-electron chi connectivity index (χ0n) is 12.2. The van der Waals surface area contributed by atoms with Crippen molar-refractivity contribution < 1.29 is 0 Å². The second kappa shape index (κ2) is 6.58. The summed E-state index contributed by atoms with van der Waals surface area (Å²) in [6.07, 6.45) is 1.18. The number of nitrogens with one attached hydrogen (secondary N) is 1. The number of benzene rings is 1. The topological polar surface area (TPSA) is 28.2 Å². The summed E-state index contributed by atoms with van der Waals surface area (Å²) in [6.45, 7) is 5.32. The maximum absolute atomic E-state index is 4.44. The molecule has 0 saturated carbocycles. The first-order valence-corrected chi connectivity index (χ1v) is 8.16. The Morgan fingerprint density at radius 2 is 2.05 bits per heavy atom. The van der Waals surface area contributed by atoms with Gasteiger partial charge in [-0.05, 0) is 47.0 Å². The third-order valence-corrected chi connectivity index (χ3v) is 4.37. The zero-order chi connectivity index (χ0) is 14.7. The Kier molecular flexibility index (Phi) is 4.56. The van der Waals surface area contributed by atoms with Gasteiger partial charge >= 0.3 is 0 Å². The van der Waals surface area contributed by atoms with Crippen LogP contribution in [-0.2, 0) is 6.54 Å². The van der Waals surface area contributed by atoms with E-state index in [9.17, 15) is 0 Å². The third-order valence-electron chi connectivity index (χ3n) is 3.93. The molecule has 0 aliphatic carbocycles. The molecule has 1 atom stereocenters. The van der Waals surface area contributed by atoms with Crippen LogP contribution in [0.5, 0.6) is 0 Å². The second-order valence-corrected chi connectivity index (χ2v) is 6.43. The van der Waals surface area contributed by atoms with Crippen LogP contribution in [-0.4, -0.2) is 29.0 Å². The van der Waals surface area contributed by atoms with Crippen molar-refractivity contribution in [1.82, 2.24) is 9.88 Å². The lowest BCUT2D eigenvalue weighted by Crippen LogP contribution is -2.26. The fraction of sp³-hybridized carbons (Fsp3) is 0.353. The lowest BCUT2D eigenvalue weighted by Gasteiger charge is -2.18. The van der Waals surface area contributed by atoms with Crippen LogP contribution in [0.15, 0.2) is 47.1 Å². The molecule has 0 radical (unpaired) electrons. The molecule has 21 heavy (non-hydrogen) atoms. The Labute approximate surface area is 134 Å². The number of rotatable bonds is 4. The van der Waals surface area contributed by atoms with E-state index < -0.39 is 0 Å². The van der Waals surface area contributed by atoms with Gasteiger partial charge in [0, 0.05) is 25.7 Å². The van der Waals surface area contributed by atoms with Gasteiger partial charge in [0.2, 0.25) is 0 Å². The van der Waals surface area contributed by atoms with E-state index in [4.69, 9.17) is 0 Å². The monoisotopic (exact) mass is 345 g/mol. The maximum Gasteiger partial charge on any atom is 0.106 e. The highest BCUT2D eigenvalue weighted by Gasteiger charge is 2.22. The number of halogens is 1. The Balaban J connectivity index is 1.57. The van der Waals surface area contributed by atoms with Crippen LogP contribution in [0.1, 0.15) is 17.7 Å². The number of anilines is 1. The van der Waals surface area contributed by atoms with Crippen molar-refractivity contribution in [3.63, 3.8) is 0 Å². The van der Waals surface area contributed by atoms with Gasteiger partial charge in [-0.3, -0.25) is 4.90 Å². The fourth-order valence-electron chi connectivity index (χ4n) is 2.84. The van der Waals surface area contributed by atoms with E-state index in [-0.39, 0.29) is 0 Å². The summed E-state index contributed by atoms with van der Waals surface area (Å²) in [5.41, 5.74) is 3.58. The maximum atomic E-state index is 4.44. The minimum absolute atomic E-state index is 0.510. The van der Waals surface area contributed by atoms with Gasteiger partial charge < -0.3 is 5.32 Å². The molecule has 1 unspecified atom stereocenters. The Bertz CT molecular complexity index is 600. The molecule has 0 bridgehead atoms. The molecular weight excluding hydrogens is 326 g/mol. The van der Waals surface area contributed by atoms with E-state index in [2.05, 4.69) is 67.5 Å². The van der Waals surface area contributed by atoms with Crippen LogP contribution in [0.25, 0.3) is 0 Å². The van der Waals surface area contributed by atoms with E-state index in [0.29, 0.717) is 6.04 Å². The molecule has 3 rings (SSSR count). The predicted octanol–water partition coefficient (Wildman–Crippen LogP) is 3.84. The SMILES string of the molecule is Cc1nc(Br)ccc1NC1CCN(Cc2ccccc2)C1. The van der Waals surface area contributed by atoms with E-state index in [1.165, 1.54) is 12.0 Å². The predicted molar refractivity (Wildman–Crippen MR) is 90.4 cm³/mol. The number of hydrogen-bond acceptors (Lipinski definition) is 3. The largest absolute Gasteiger partial charge is 0.380 e. The molecule has 4 heteroatoms. The van der Waals surface area contributed by atoms with Gasteiger partial charge in [0.1, 0.15) is 4.60 Å². The molecule has 1 aromatic heterocycles. The van der Waals surface area contributed by atoms with Gasteiger partial charge in [0.25, 0.3) is 0 Å². The highest BCUT2D eigenvalue weighted by molar-refractivity contribution is 9.10. The van der Waals surface area contributed by atoms with E-state index in [1.54, 1.807) is 0 Å². The van der Waals surface area contributed by atoms with Crippen LogP contribution in [0.2, 0.25) is 0 Å². The van der Waals surface area contributed by atoms with Crippen LogP contribution in [0.4, 0.5) is 5.69 Å². The molecule has 110 valence electrons. The van der Waals surface area contributed by atoms with Crippen LogP contribution in [0, 0.1) is 6.92 Å². The van der Waals surface area contributed by atoms with E-state index >= 15 is 0 Å². The molecule has 1 aliphatic rings. The molecule has 1 aromatic carbocycles. The van der Waals surface area contributed by atoms with Crippen molar-refractivity contribution in [2.75, 3.05) is 18.4 Å². The first-order chi connectivity index (χ1) is 10.2. The fourth-order valence-corrected chi connectivity index (χ4v) is 3.24. The summed E-state index contributed by atoms with van der Waals surface area (Å²) in [5, 5.41) is 3.63. The summed E-state index contributed by atoms with van der Waals surface area (Å²) >= 11 is 3.41. The normalized spacial score (nSPS) is 18.9. The Morgan fingerprint density at radius 1 is 1.24 bits per heavy atom. The Morgan fingerprint density at radius 3 is 2.81 bits per heavy atom. The van der Waals surface area contributed by atoms with Crippen molar-refractivity contribution in [3.05, 3.63) is 58.3 Å². The number of aryl methyl sites for hydroxylation is 1. The lowest BCUT2D eigenvalue weighted by atomic mass is 10.2. The molecular formula is C17H20BrN3. The molecule has 0 amide bonds. The first kappa shape index (κ1) is 14.5. The molecule has 1 aliphatic heterocycles. The van der Waals surface area contributed by atoms with E-state index in [1.807, 2.05) is 13.0 Å². The molecule has 2 aromatic rings. The zero-order valence-corrected chi connectivity index (χ0v) is 13.8. The molecule has 1 saturated heterocycles. The van der Waals surface area contributed by atoms with Gasteiger partial charge in [0.15, 0.2) is 0 Å². The highest BCUT2D eigenvalue weighted by atomic mass is 79.9. The standard InChI is InChI=1S/C17H20BrN3/c1-13-16(7-8-17(18)19-13)20-15-9-10-21(12-15)11-14-5-3-2-4-6-14/h2-8,15,20H,9-12H2,1H3. The van der Waals surface area contributed by atoms with Gasteiger partial charge in [-0.15, -0.1) is 0 Å². The summed E-state index contributed by atoms with van der Waals surface area (Å²) in [4.78, 5) is 6.95. The van der Waals surface area contributed by atoms with Gasteiger partial charge in [0.05, 0.1) is 11.4 Å².